The lowest BCUT2D eigenvalue weighted by atomic mass is 9.95. The lowest BCUT2D eigenvalue weighted by Crippen LogP contribution is -2.10. The van der Waals surface area contributed by atoms with Crippen LogP contribution in [0.5, 0.6) is 0 Å². The second kappa shape index (κ2) is 12.0. The molecule has 3 heteroatoms. The molecule has 9 aromatic rings. The second-order valence-electron chi connectivity index (χ2n) is 12.0. The largest absolute Gasteiger partial charge is 0.310 e. The van der Waals surface area contributed by atoms with Gasteiger partial charge in [0, 0.05) is 28.2 Å². The lowest BCUT2D eigenvalue weighted by molar-refractivity contribution is 1.29. The molecule has 0 radical (unpaired) electrons. The van der Waals surface area contributed by atoms with Crippen molar-refractivity contribution in [2.24, 2.45) is 0 Å². The van der Waals surface area contributed by atoms with Crippen molar-refractivity contribution in [3.05, 3.63) is 182 Å². The minimum Gasteiger partial charge on any atom is -0.310 e. The van der Waals surface area contributed by atoms with Crippen molar-refractivity contribution in [1.82, 2.24) is 4.98 Å². The summed E-state index contributed by atoms with van der Waals surface area (Å²) in [6.07, 6.45) is 0. The first-order valence-electron chi connectivity index (χ1n) is 16.2. The fraction of sp³-hybridized carbons (Fsp3) is 0. The third-order valence-electron chi connectivity index (χ3n) is 9.05. The van der Waals surface area contributed by atoms with Gasteiger partial charge in [-0.1, -0.05) is 133 Å². The Hall–Kier alpha value is -6.03. The van der Waals surface area contributed by atoms with Gasteiger partial charge < -0.3 is 4.90 Å². The maximum absolute atomic E-state index is 4.98. The van der Waals surface area contributed by atoms with Gasteiger partial charge in [0.2, 0.25) is 0 Å². The Morgan fingerprint density at radius 2 is 1.06 bits per heavy atom. The van der Waals surface area contributed by atoms with E-state index in [0.717, 1.165) is 33.1 Å². The van der Waals surface area contributed by atoms with E-state index < -0.39 is 0 Å². The Kier molecular flexibility index (Phi) is 7.03. The van der Waals surface area contributed by atoms with Gasteiger partial charge in [0.15, 0.2) is 0 Å². The summed E-state index contributed by atoms with van der Waals surface area (Å²) in [5.41, 5.74) is 10.3. The van der Waals surface area contributed by atoms with E-state index >= 15 is 0 Å². The topological polar surface area (TPSA) is 16.1 Å². The summed E-state index contributed by atoms with van der Waals surface area (Å²) in [5.74, 6) is 0. The van der Waals surface area contributed by atoms with E-state index in [2.05, 4.69) is 181 Å². The highest BCUT2D eigenvalue weighted by atomic mass is 32.1. The molecule has 0 amide bonds. The monoisotopic (exact) mass is 630 g/mol. The Morgan fingerprint density at radius 3 is 1.88 bits per heavy atom. The predicted molar refractivity (Wildman–Crippen MR) is 206 cm³/mol. The van der Waals surface area contributed by atoms with Gasteiger partial charge in [0.25, 0.3) is 0 Å². The predicted octanol–water partition coefficient (Wildman–Crippen LogP) is 13.1. The normalized spacial score (nSPS) is 11.3. The Labute approximate surface area is 283 Å². The molecule has 0 N–H and O–H groups in total. The molecular formula is C45H30N2S. The van der Waals surface area contributed by atoms with Gasteiger partial charge in [-0.05, 0) is 86.8 Å². The highest BCUT2D eigenvalue weighted by Gasteiger charge is 2.17. The molecule has 0 unspecified atom stereocenters. The van der Waals surface area contributed by atoms with E-state index in [-0.39, 0.29) is 0 Å². The van der Waals surface area contributed by atoms with Crippen LogP contribution in [-0.2, 0) is 0 Å². The quantitative estimate of drug-likeness (QED) is 0.182. The summed E-state index contributed by atoms with van der Waals surface area (Å²) >= 11 is 1.76. The number of fused-ring (bicyclic) bond motifs is 3. The van der Waals surface area contributed by atoms with E-state index in [1.54, 1.807) is 11.3 Å². The first-order chi connectivity index (χ1) is 23.8. The van der Waals surface area contributed by atoms with Gasteiger partial charge >= 0.3 is 0 Å². The van der Waals surface area contributed by atoms with Crippen LogP contribution >= 0.6 is 11.3 Å². The average molecular weight is 631 g/mol. The second-order valence-corrected chi connectivity index (χ2v) is 13.0. The first kappa shape index (κ1) is 28.2. The van der Waals surface area contributed by atoms with Crippen LogP contribution < -0.4 is 4.90 Å². The van der Waals surface area contributed by atoms with Crippen LogP contribution in [0.3, 0.4) is 0 Å². The molecule has 0 atom stereocenters. The fourth-order valence-corrected chi connectivity index (χ4v) is 7.82. The van der Waals surface area contributed by atoms with Crippen molar-refractivity contribution in [3.63, 3.8) is 0 Å². The van der Waals surface area contributed by atoms with Crippen LogP contribution in [0.2, 0.25) is 0 Å². The van der Waals surface area contributed by atoms with Crippen molar-refractivity contribution >= 4 is 60.2 Å². The van der Waals surface area contributed by atoms with Gasteiger partial charge in [0.05, 0.1) is 10.2 Å². The number of rotatable bonds is 6. The number of para-hydroxylation sites is 1. The third kappa shape index (κ3) is 5.11. The van der Waals surface area contributed by atoms with Crippen LogP contribution in [-0.4, -0.2) is 4.98 Å². The zero-order valence-electron chi connectivity index (χ0n) is 26.1. The molecule has 8 aromatic carbocycles. The smallest absolute Gasteiger partial charge is 0.124 e. The molecule has 0 aliphatic carbocycles. The maximum atomic E-state index is 4.98. The standard InChI is InChI=1S/C45H30N2S/c1-3-13-33(14-4-1)45-46-43-21-11-20-41(44(43)48-45)32-24-26-38(27-25-32)47(37-17-5-2-6-18-37)39-29-35-16-9-10-19-40(35)42(30-39)36-23-22-31-12-7-8-15-34(31)28-36/h1-30H. The average Bonchev–Trinajstić information content (AvgIpc) is 3.61. The summed E-state index contributed by atoms with van der Waals surface area (Å²) in [4.78, 5) is 7.34. The molecule has 0 aliphatic rings. The number of aromatic nitrogens is 1. The van der Waals surface area contributed by atoms with E-state index in [9.17, 15) is 0 Å². The number of hydrogen-bond donors (Lipinski definition) is 0. The Balaban J connectivity index is 1.17. The summed E-state index contributed by atoms with van der Waals surface area (Å²) in [6.45, 7) is 0. The molecule has 0 saturated carbocycles. The number of anilines is 3. The molecule has 0 spiro atoms. The van der Waals surface area contributed by atoms with E-state index in [0.29, 0.717) is 0 Å². The SMILES string of the molecule is c1ccc(-c2nc3cccc(-c4ccc(N(c5ccccc5)c5cc(-c6ccc7ccccc7c6)c6ccccc6c5)cc4)c3s2)cc1. The maximum Gasteiger partial charge on any atom is 0.124 e. The van der Waals surface area contributed by atoms with Crippen LogP contribution in [0.1, 0.15) is 0 Å². The molecule has 0 aliphatic heterocycles. The number of hydrogen-bond acceptors (Lipinski definition) is 3. The van der Waals surface area contributed by atoms with Gasteiger partial charge in [-0.2, -0.15) is 0 Å². The highest BCUT2D eigenvalue weighted by Crippen LogP contribution is 2.42. The van der Waals surface area contributed by atoms with Gasteiger partial charge in [0.1, 0.15) is 5.01 Å². The Bertz CT molecular complexity index is 2550. The molecule has 2 nitrogen and oxygen atoms in total. The summed E-state index contributed by atoms with van der Waals surface area (Å²) in [6, 6.07) is 65.2. The zero-order chi connectivity index (χ0) is 31.9. The van der Waals surface area contributed by atoms with Crippen molar-refractivity contribution in [2.75, 3.05) is 4.90 Å². The minimum atomic E-state index is 1.03. The Morgan fingerprint density at radius 1 is 0.396 bits per heavy atom. The van der Waals surface area contributed by atoms with Gasteiger partial charge in [-0.25, -0.2) is 4.98 Å². The van der Waals surface area contributed by atoms with Crippen LogP contribution in [0.25, 0.3) is 64.6 Å². The molecule has 0 bridgehead atoms. The number of nitrogens with zero attached hydrogens (tertiary/aromatic N) is 2. The van der Waals surface area contributed by atoms with Crippen LogP contribution in [0.4, 0.5) is 17.1 Å². The van der Waals surface area contributed by atoms with Crippen LogP contribution in [0, 0.1) is 0 Å². The summed E-state index contributed by atoms with van der Waals surface area (Å²) in [5, 5.41) is 5.99. The molecule has 226 valence electrons. The molecule has 0 fully saturated rings. The molecular weight excluding hydrogens is 601 g/mol. The van der Waals surface area contributed by atoms with E-state index in [4.69, 9.17) is 4.98 Å². The lowest BCUT2D eigenvalue weighted by Gasteiger charge is -2.27. The highest BCUT2D eigenvalue weighted by molar-refractivity contribution is 7.22. The van der Waals surface area contributed by atoms with Crippen molar-refractivity contribution in [1.29, 1.82) is 0 Å². The first-order valence-corrected chi connectivity index (χ1v) is 17.0. The van der Waals surface area contributed by atoms with Crippen molar-refractivity contribution < 1.29 is 0 Å². The van der Waals surface area contributed by atoms with Crippen LogP contribution in [0.15, 0.2) is 182 Å². The molecule has 1 heterocycles. The molecule has 48 heavy (non-hydrogen) atoms. The van der Waals surface area contributed by atoms with E-state index in [1.807, 2.05) is 6.07 Å². The fourth-order valence-electron chi connectivity index (χ4n) is 6.71. The minimum absolute atomic E-state index is 1.03. The van der Waals surface area contributed by atoms with Crippen molar-refractivity contribution in [2.45, 2.75) is 0 Å². The summed E-state index contributed by atoms with van der Waals surface area (Å²) in [7, 11) is 0. The number of thiazole rings is 1. The third-order valence-corrected chi connectivity index (χ3v) is 10.2. The summed E-state index contributed by atoms with van der Waals surface area (Å²) < 4.78 is 1.21. The van der Waals surface area contributed by atoms with E-state index in [1.165, 1.54) is 48.5 Å². The van der Waals surface area contributed by atoms with Gasteiger partial charge in [-0.15, -0.1) is 11.3 Å². The van der Waals surface area contributed by atoms with Crippen molar-refractivity contribution in [3.8, 4) is 32.8 Å². The van der Waals surface area contributed by atoms with Gasteiger partial charge in [-0.3, -0.25) is 0 Å². The molecule has 1 aromatic heterocycles. The number of benzene rings is 8. The molecule has 9 rings (SSSR count). The zero-order valence-corrected chi connectivity index (χ0v) is 26.9. The molecule has 0 saturated heterocycles.